The van der Waals surface area contributed by atoms with Crippen molar-refractivity contribution in [1.82, 2.24) is 4.90 Å². The predicted octanol–water partition coefficient (Wildman–Crippen LogP) is 2.48. The number of benzene rings is 1. The topological polar surface area (TPSA) is 84.7 Å². The van der Waals surface area contributed by atoms with E-state index in [4.69, 9.17) is 10.5 Å². The van der Waals surface area contributed by atoms with Gasteiger partial charge in [-0.15, -0.1) is 0 Å². The summed E-state index contributed by atoms with van der Waals surface area (Å²) in [6.07, 6.45) is -0.369. The summed E-state index contributed by atoms with van der Waals surface area (Å²) < 4.78 is 5.37. The van der Waals surface area contributed by atoms with E-state index in [2.05, 4.69) is 5.32 Å². The van der Waals surface area contributed by atoms with Crippen molar-refractivity contribution in [1.29, 1.82) is 0 Å². The van der Waals surface area contributed by atoms with Gasteiger partial charge in [0.25, 0.3) is 0 Å². The summed E-state index contributed by atoms with van der Waals surface area (Å²) in [5, 5.41) is 2.74. The van der Waals surface area contributed by atoms with Crippen molar-refractivity contribution < 1.29 is 14.3 Å². The van der Waals surface area contributed by atoms with Gasteiger partial charge in [0.2, 0.25) is 5.91 Å². The summed E-state index contributed by atoms with van der Waals surface area (Å²) in [6, 6.07) is 3.61. The second kappa shape index (κ2) is 5.27. The Bertz CT molecular complexity index is 591. The zero-order chi connectivity index (χ0) is 15.8. The van der Waals surface area contributed by atoms with E-state index in [-0.39, 0.29) is 12.0 Å². The van der Waals surface area contributed by atoms with E-state index < -0.39 is 5.60 Å². The number of nitrogens with two attached hydrogens (primary N) is 1. The standard InChI is InChI=1S/C15H21N3O3/c1-9(19)17-13-11-8-18(14(20)21-15(2,3)4)7-10(11)5-6-12(13)16/h5-6H,7-8,16H2,1-4H3,(H,17,19). The molecule has 1 heterocycles. The lowest BCUT2D eigenvalue weighted by atomic mass is 10.1. The molecule has 21 heavy (non-hydrogen) atoms. The average molecular weight is 291 g/mol. The third kappa shape index (κ3) is 3.45. The molecule has 6 nitrogen and oxygen atoms in total. The Morgan fingerprint density at radius 1 is 1.29 bits per heavy atom. The lowest BCUT2D eigenvalue weighted by molar-refractivity contribution is -0.114. The van der Waals surface area contributed by atoms with Crippen molar-refractivity contribution in [3.05, 3.63) is 23.3 Å². The lowest BCUT2D eigenvalue weighted by Gasteiger charge is -2.24. The normalized spacial score (nSPS) is 13.8. The minimum atomic E-state index is -0.536. The number of hydrogen-bond acceptors (Lipinski definition) is 4. The largest absolute Gasteiger partial charge is 0.444 e. The maximum atomic E-state index is 12.1. The van der Waals surface area contributed by atoms with E-state index in [0.29, 0.717) is 24.5 Å². The molecule has 6 heteroatoms. The zero-order valence-electron chi connectivity index (χ0n) is 12.8. The van der Waals surface area contributed by atoms with Gasteiger partial charge in [0.1, 0.15) is 5.60 Å². The van der Waals surface area contributed by atoms with Gasteiger partial charge in [-0.25, -0.2) is 4.79 Å². The molecule has 0 saturated carbocycles. The maximum absolute atomic E-state index is 12.1. The van der Waals surface area contributed by atoms with Crippen LogP contribution in [0.5, 0.6) is 0 Å². The van der Waals surface area contributed by atoms with Crippen LogP contribution in [0.4, 0.5) is 16.2 Å². The van der Waals surface area contributed by atoms with Crippen LogP contribution in [0.15, 0.2) is 12.1 Å². The molecule has 2 rings (SSSR count). The number of nitrogens with one attached hydrogen (secondary N) is 1. The van der Waals surface area contributed by atoms with Crippen molar-refractivity contribution in [3.63, 3.8) is 0 Å². The number of anilines is 2. The monoisotopic (exact) mass is 291 g/mol. The molecule has 0 aliphatic carbocycles. The van der Waals surface area contributed by atoms with Crippen LogP contribution in [-0.2, 0) is 22.6 Å². The van der Waals surface area contributed by atoms with Gasteiger partial charge in [0, 0.05) is 19.0 Å². The third-order valence-corrected chi connectivity index (χ3v) is 3.11. The van der Waals surface area contributed by atoms with Crippen LogP contribution in [-0.4, -0.2) is 22.5 Å². The van der Waals surface area contributed by atoms with E-state index in [1.807, 2.05) is 26.8 Å². The molecule has 0 bridgehead atoms. The number of carbonyl (C=O) groups is 2. The van der Waals surface area contributed by atoms with Crippen LogP contribution in [0.2, 0.25) is 0 Å². The summed E-state index contributed by atoms with van der Waals surface area (Å²) >= 11 is 0. The molecule has 0 radical (unpaired) electrons. The molecule has 1 aromatic carbocycles. The molecule has 3 N–H and O–H groups in total. The molecular formula is C15H21N3O3. The van der Waals surface area contributed by atoms with Gasteiger partial charge in [-0.3, -0.25) is 9.69 Å². The van der Waals surface area contributed by atoms with Gasteiger partial charge in [-0.05, 0) is 32.4 Å². The number of rotatable bonds is 1. The van der Waals surface area contributed by atoms with Crippen LogP contribution in [0.25, 0.3) is 0 Å². The first kappa shape index (κ1) is 15.2. The number of carbonyl (C=O) groups excluding carboxylic acids is 2. The molecule has 0 fully saturated rings. The van der Waals surface area contributed by atoms with Crippen LogP contribution < -0.4 is 11.1 Å². The highest BCUT2D eigenvalue weighted by molar-refractivity contribution is 5.94. The molecular weight excluding hydrogens is 270 g/mol. The quantitative estimate of drug-likeness (QED) is 0.778. The van der Waals surface area contributed by atoms with Gasteiger partial charge >= 0.3 is 6.09 Å². The fraction of sp³-hybridized carbons (Fsp3) is 0.467. The molecule has 0 unspecified atom stereocenters. The Labute approximate surface area is 124 Å². The molecule has 1 aliphatic rings. The van der Waals surface area contributed by atoms with Crippen LogP contribution in [0, 0.1) is 0 Å². The summed E-state index contributed by atoms with van der Waals surface area (Å²) in [4.78, 5) is 25.0. The number of nitrogens with zero attached hydrogens (tertiary/aromatic N) is 1. The van der Waals surface area contributed by atoms with Gasteiger partial charge < -0.3 is 15.8 Å². The van der Waals surface area contributed by atoms with Gasteiger partial charge in [0.15, 0.2) is 0 Å². The predicted molar refractivity (Wildman–Crippen MR) is 80.6 cm³/mol. The highest BCUT2D eigenvalue weighted by Gasteiger charge is 2.30. The number of hydrogen-bond donors (Lipinski definition) is 2. The van der Waals surface area contributed by atoms with E-state index in [1.165, 1.54) is 6.92 Å². The molecule has 0 aromatic heterocycles. The fourth-order valence-corrected chi connectivity index (χ4v) is 2.27. The first-order valence-corrected chi connectivity index (χ1v) is 6.83. The van der Waals surface area contributed by atoms with Crippen molar-refractivity contribution in [3.8, 4) is 0 Å². The smallest absolute Gasteiger partial charge is 0.410 e. The van der Waals surface area contributed by atoms with Crippen LogP contribution in [0.3, 0.4) is 0 Å². The molecule has 0 spiro atoms. The van der Waals surface area contributed by atoms with Crippen molar-refractivity contribution >= 4 is 23.4 Å². The Kier molecular flexibility index (Phi) is 3.80. The summed E-state index contributed by atoms with van der Waals surface area (Å²) in [5.74, 6) is -0.189. The first-order valence-electron chi connectivity index (χ1n) is 6.83. The Hall–Kier alpha value is -2.24. The molecule has 0 atom stereocenters. The minimum Gasteiger partial charge on any atom is -0.444 e. The third-order valence-electron chi connectivity index (χ3n) is 3.11. The molecule has 1 aromatic rings. The number of ether oxygens (including phenoxy) is 1. The highest BCUT2D eigenvalue weighted by Crippen LogP contribution is 2.34. The van der Waals surface area contributed by atoms with Crippen molar-refractivity contribution in [2.45, 2.75) is 46.4 Å². The van der Waals surface area contributed by atoms with E-state index in [9.17, 15) is 9.59 Å². The SMILES string of the molecule is CC(=O)Nc1c(N)ccc2c1CN(C(=O)OC(C)(C)C)C2. The Morgan fingerprint density at radius 2 is 1.95 bits per heavy atom. The Morgan fingerprint density at radius 3 is 2.52 bits per heavy atom. The van der Waals surface area contributed by atoms with Gasteiger partial charge in [0.05, 0.1) is 17.9 Å². The highest BCUT2D eigenvalue weighted by atomic mass is 16.6. The molecule has 0 saturated heterocycles. The Balaban J connectivity index is 2.22. The van der Waals surface area contributed by atoms with E-state index >= 15 is 0 Å². The van der Waals surface area contributed by atoms with Crippen LogP contribution >= 0.6 is 0 Å². The average Bonchev–Trinajstić information content (AvgIpc) is 2.74. The second-order valence-electron chi connectivity index (χ2n) is 6.19. The fourth-order valence-electron chi connectivity index (χ4n) is 2.27. The van der Waals surface area contributed by atoms with Gasteiger partial charge in [-0.1, -0.05) is 6.07 Å². The van der Waals surface area contributed by atoms with Crippen molar-refractivity contribution in [2.24, 2.45) is 0 Å². The van der Waals surface area contributed by atoms with E-state index in [1.54, 1.807) is 11.0 Å². The first-order chi connectivity index (χ1) is 9.67. The minimum absolute atomic E-state index is 0.189. The summed E-state index contributed by atoms with van der Waals surface area (Å²) in [6.45, 7) is 7.75. The maximum Gasteiger partial charge on any atom is 0.410 e. The molecule has 114 valence electrons. The summed E-state index contributed by atoms with van der Waals surface area (Å²) in [7, 11) is 0. The van der Waals surface area contributed by atoms with E-state index in [0.717, 1.165) is 11.1 Å². The van der Waals surface area contributed by atoms with Crippen LogP contribution in [0.1, 0.15) is 38.8 Å². The number of fused-ring (bicyclic) bond motifs is 1. The molecule has 1 aliphatic heterocycles. The number of nitrogen functional groups attached to an aromatic ring is 1. The second-order valence-corrected chi connectivity index (χ2v) is 6.19. The number of amides is 2. The van der Waals surface area contributed by atoms with Crippen molar-refractivity contribution in [2.75, 3.05) is 11.1 Å². The zero-order valence-corrected chi connectivity index (χ0v) is 12.8. The lowest BCUT2D eigenvalue weighted by Crippen LogP contribution is -2.33. The van der Waals surface area contributed by atoms with Gasteiger partial charge in [-0.2, -0.15) is 0 Å². The summed E-state index contributed by atoms with van der Waals surface area (Å²) in [5.41, 5.74) is 8.31. The molecule has 2 amide bonds.